The van der Waals surface area contributed by atoms with Gasteiger partial charge in [-0.2, -0.15) is 0 Å². The number of halogens is 2. The fourth-order valence-corrected chi connectivity index (χ4v) is 2.81. The zero-order valence-corrected chi connectivity index (χ0v) is 12.0. The summed E-state index contributed by atoms with van der Waals surface area (Å²) in [6.45, 7) is 1.83. The Morgan fingerprint density at radius 1 is 1.11 bits per heavy atom. The molecule has 0 unspecified atom stereocenters. The van der Waals surface area contributed by atoms with Crippen LogP contribution in [-0.4, -0.2) is 13.1 Å². The van der Waals surface area contributed by atoms with Crippen LogP contribution in [0.25, 0.3) is 0 Å². The van der Waals surface area contributed by atoms with Gasteiger partial charge in [-0.15, -0.1) is 0 Å². The van der Waals surface area contributed by atoms with Gasteiger partial charge in [-0.3, -0.25) is 0 Å². The number of para-hydroxylation sites is 1. The van der Waals surface area contributed by atoms with Gasteiger partial charge in [-0.25, -0.2) is 0 Å². The van der Waals surface area contributed by atoms with Crippen LogP contribution >= 0.6 is 27.5 Å². The normalized spacial score (nSPS) is 14.0. The van der Waals surface area contributed by atoms with Crippen LogP contribution in [0.5, 0.6) is 0 Å². The molecule has 2 aromatic carbocycles. The Morgan fingerprint density at radius 2 is 1.94 bits per heavy atom. The first-order chi connectivity index (χ1) is 8.75. The van der Waals surface area contributed by atoms with Crippen molar-refractivity contribution in [3.63, 3.8) is 0 Å². The molecular weight excluding hydrogens is 312 g/mol. The second kappa shape index (κ2) is 4.82. The molecule has 92 valence electrons. The van der Waals surface area contributed by atoms with E-state index in [-0.39, 0.29) is 0 Å². The summed E-state index contributed by atoms with van der Waals surface area (Å²) in [5.74, 6) is 0. The highest BCUT2D eigenvalue weighted by atomic mass is 79.9. The predicted octanol–water partition coefficient (Wildman–Crippen LogP) is 4.67. The first kappa shape index (κ1) is 11.9. The molecule has 0 aliphatic carbocycles. The van der Waals surface area contributed by atoms with Gasteiger partial charge in [0.1, 0.15) is 0 Å². The van der Waals surface area contributed by atoms with Crippen LogP contribution in [-0.2, 0) is 0 Å². The highest BCUT2D eigenvalue weighted by Crippen LogP contribution is 2.39. The molecule has 3 rings (SSSR count). The van der Waals surface area contributed by atoms with Crippen LogP contribution in [0.3, 0.4) is 0 Å². The van der Waals surface area contributed by atoms with Crippen molar-refractivity contribution in [1.29, 1.82) is 0 Å². The Kier molecular flexibility index (Phi) is 3.18. The summed E-state index contributed by atoms with van der Waals surface area (Å²) in [5, 5.41) is 4.19. The number of rotatable bonds is 1. The number of anilines is 3. The molecule has 0 bridgehead atoms. The lowest BCUT2D eigenvalue weighted by Crippen LogP contribution is -2.30. The molecule has 1 heterocycles. The van der Waals surface area contributed by atoms with Crippen LogP contribution in [0.2, 0.25) is 5.02 Å². The maximum atomic E-state index is 6.29. The summed E-state index contributed by atoms with van der Waals surface area (Å²) in [7, 11) is 0. The van der Waals surface area contributed by atoms with Gasteiger partial charge in [0.25, 0.3) is 0 Å². The minimum atomic E-state index is 0.783. The average molecular weight is 324 g/mol. The number of nitrogens with one attached hydrogen (secondary N) is 1. The van der Waals surface area contributed by atoms with E-state index in [1.54, 1.807) is 0 Å². The van der Waals surface area contributed by atoms with Crippen molar-refractivity contribution < 1.29 is 0 Å². The van der Waals surface area contributed by atoms with Crippen LogP contribution in [0.1, 0.15) is 0 Å². The second-order valence-corrected chi connectivity index (χ2v) is 5.51. The third kappa shape index (κ3) is 2.08. The molecule has 1 N–H and O–H groups in total. The van der Waals surface area contributed by atoms with E-state index in [4.69, 9.17) is 11.6 Å². The van der Waals surface area contributed by atoms with E-state index in [0.717, 1.165) is 39.6 Å². The molecule has 0 atom stereocenters. The summed E-state index contributed by atoms with van der Waals surface area (Å²) < 4.78 is 1.07. The number of fused-ring (bicyclic) bond motifs is 1. The molecule has 0 spiro atoms. The van der Waals surface area contributed by atoms with Crippen molar-refractivity contribution in [3.8, 4) is 0 Å². The molecule has 0 amide bonds. The summed E-state index contributed by atoms with van der Waals surface area (Å²) in [4.78, 5) is 2.25. The Hall–Kier alpha value is -1.19. The molecule has 1 aliphatic rings. The third-order valence-electron chi connectivity index (χ3n) is 3.04. The van der Waals surface area contributed by atoms with Gasteiger partial charge in [0.05, 0.1) is 22.1 Å². The van der Waals surface area contributed by atoms with Crippen LogP contribution in [0.15, 0.2) is 46.9 Å². The molecule has 18 heavy (non-hydrogen) atoms. The van der Waals surface area contributed by atoms with Gasteiger partial charge in [0.15, 0.2) is 0 Å². The van der Waals surface area contributed by atoms with Crippen molar-refractivity contribution in [2.75, 3.05) is 23.3 Å². The maximum Gasteiger partial charge on any atom is 0.0658 e. The Morgan fingerprint density at radius 3 is 2.78 bits per heavy atom. The lowest BCUT2D eigenvalue weighted by atomic mass is 10.1. The molecular formula is C14H12BrClN2. The van der Waals surface area contributed by atoms with Gasteiger partial charge < -0.3 is 10.2 Å². The summed E-state index contributed by atoms with van der Waals surface area (Å²) in [5.41, 5.74) is 3.35. The second-order valence-electron chi connectivity index (χ2n) is 4.19. The smallest absolute Gasteiger partial charge is 0.0658 e. The zero-order valence-electron chi connectivity index (χ0n) is 9.66. The quantitative estimate of drug-likeness (QED) is 0.820. The first-order valence-electron chi connectivity index (χ1n) is 5.81. The van der Waals surface area contributed by atoms with Gasteiger partial charge >= 0.3 is 0 Å². The third-order valence-corrected chi connectivity index (χ3v) is 3.86. The van der Waals surface area contributed by atoms with Crippen molar-refractivity contribution in [1.82, 2.24) is 0 Å². The molecule has 4 heteroatoms. The molecule has 2 aromatic rings. The van der Waals surface area contributed by atoms with E-state index >= 15 is 0 Å². The van der Waals surface area contributed by atoms with Crippen molar-refractivity contribution >= 4 is 44.6 Å². The molecule has 0 fully saturated rings. The SMILES string of the molecule is Clc1ccccc1N1CCNc2ccc(Br)cc21. The van der Waals surface area contributed by atoms with Crippen LogP contribution < -0.4 is 10.2 Å². The van der Waals surface area contributed by atoms with E-state index in [1.807, 2.05) is 24.3 Å². The summed E-state index contributed by atoms with van der Waals surface area (Å²) in [6.07, 6.45) is 0. The van der Waals surface area contributed by atoms with Gasteiger partial charge in [-0.05, 0) is 30.3 Å². The molecule has 2 nitrogen and oxygen atoms in total. The number of hydrogen-bond acceptors (Lipinski definition) is 2. The molecule has 1 aliphatic heterocycles. The lowest BCUT2D eigenvalue weighted by molar-refractivity contribution is 0.926. The standard InChI is InChI=1S/C14H12BrClN2/c15-10-5-6-12-14(9-10)18(8-7-17-12)13-4-2-1-3-11(13)16/h1-6,9,17H,7-8H2. The minimum Gasteiger partial charge on any atom is -0.382 e. The first-order valence-corrected chi connectivity index (χ1v) is 6.98. The van der Waals surface area contributed by atoms with Crippen molar-refractivity contribution in [2.24, 2.45) is 0 Å². The maximum absolute atomic E-state index is 6.29. The van der Waals surface area contributed by atoms with E-state index in [0.29, 0.717) is 0 Å². The average Bonchev–Trinajstić information content (AvgIpc) is 2.39. The zero-order chi connectivity index (χ0) is 12.5. The van der Waals surface area contributed by atoms with Crippen molar-refractivity contribution in [3.05, 3.63) is 52.0 Å². The number of hydrogen-bond donors (Lipinski definition) is 1. The predicted molar refractivity (Wildman–Crippen MR) is 81.1 cm³/mol. The van der Waals surface area contributed by atoms with Gasteiger partial charge in [-0.1, -0.05) is 39.7 Å². The topological polar surface area (TPSA) is 15.3 Å². The summed E-state index contributed by atoms with van der Waals surface area (Å²) >= 11 is 9.81. The molecule has 0 radical (unpaired) electrons. The Bertz CT molecular complexity index is 586. The van der Waals surface area contributed by atoms with Gasteiger partial charge in [0, 0.05) is 17.6 Å². The highest BCUT2D eigenvalue weighted by molar-refractivity contribution is 9.10. The van der Waals surface area contributed by atoms with E-state index in [9.17, 15) is 0 Å². The Balaban J connectivity index is 2.11. The van der Waals surface area contributed by atoms with E-state index in [1.165, 1.54) is 0 Å². The largest absolute Gasteiger partial charge is 0.382 e. The fraction of sp³-hybridized carbons (Fsp3) is 0.143. The lowest BCUT2D eigenvalue weighted by Gasteiger charge is -2.32. The van der Waals surface area contributed by atoms with E-state index in [2.05, 4.69) is 44.3 Å². The van der Waals surface area contributed by atoms with Crippen LogP contribution in [0, 0.1) is 0 Å². The van der Waals surface area contributed by atoms with Gasteiger partial charge in [0.2, 0.25) is 0 Å². The summed E-state index contributed by atoms with van der Waals surface area (Å²) in [6, 6.07) is 14.2. The fourth-order valence-electron chi connectivity index (χ4n) is 2.22. The molecule has 0 saturated carbocycles. The highest BCUT2D eigenvalue weighted by Gasteiger charge is 2.19. The molecule has 0 aromatic heterocycles. The van der Waals surface area contributed by atoms with E-state index < -0.39 is 0 Å². The number of nitrogens with zero attached hydrogens (tertiary/aromatic N) is 1. The molecule has 0 saturated heterocycles. The number of benzene rings is 2. The monoisotopic (exact) mass is 322 g/mol. The van der Waals surface area contributed by atoms with Crippen LogP contribution in [0.4, 0.5) is 17.1 Å². The minimum absolute atomic E-state index is 0.783. The Labute approximate surface area is 120 Å². The van der Waals surface area contributed by atoms with Crippen molar-refractivity contribution in [2.45, 2.75) is 0 Å².